The van der Waals surface area contributed by atoms with Gasteiger partial charge in [-0.05, 0) is 59.0 Å². The van der Waals surface area contributed by atoms with Crippen LogP contribution in [0, 0.1) is 5.82 Å². The minimum absolute atomic E-state index is 0.0919. The zero-order chi connectivity index (χ0) is 24.9. The molecule has 4 aromatic carbocycles. The fourth-order valence-electron chi connectivity index (χ4n) is 4.61. The van der Waals surface area contributed by atoms with Gasteiger partial charge in [-0.2, -0.15) is 0 Å². The van der Waals surface area contributed by atoms with Gasteiger partial charge in [0.15, 0.2) is 0 Å². The maximum Gasteiger partial charge on any atom is 0.258 e. The Bertz CT molecular complexity index is 1370. The van der Waals surface area contributed by atoms with Crippen LogP contribution < -0.4 is 4.90 Å². The lowest BCUT2D eigenvalue weighted by molar-refractivity contribution is -0.131. The van der Waals surface area contributed by atoms with E-state index in [1.54, 1.807) is 11.0 Å². The second kappa shape index (κ2) is 10.6. The molecule has 0 bridgehead atoms. The van der Waals surface area contributed by atoms with E-state index >= 15 is 0 Å². The summed E-state index contributed by atoms with van der Waals surface area (Å²) in [5, 5.41) is 0. The molecule has 0 spiro atoms. The predicted octanol–water partition coefficient (Wildman–Crippen LogP) is 5.80. The average Bonchev–Trinajstić information content (AvgIpc) is 2.92. The van der Waals surface area contributed by atoms with E-state index in [-0.39, 0.29) is 17.4 Å². The molecule has 5 heteroatoms. The average molecular weight is 479 g/mol. The van der Waals surface area contributed by atoms with Crippen LogP contribution in [-0.2, 0) is 30.7 Å². The molecule has 1 aliphatic heterocycles. The van der Waals surface area contributed by atoms with Crippen molar-refractivity contribution < 1.29 is 14.0 Å². The summed E-state index contributed by atoms with van der Waals surface area (Å²) < 4.78 is 13.8. The Kier molecular flexibility index (Phi) is 6.89. The predicted molar refractivity (Wildman–Crippen MR) is 139 cm³/mol. The van der Waals surface area contributed by atoms with E-state index in [1.165, 1.54) is 29.3 Å². The largest absolute Gasteiger partial charge is 0.338 e. The van der Waals surface area contributed by atoms with Crippen molar-refractivity contribution in [3.8, 4) is 0 Å². The Hall–Kier alpha value is -4.25. The molecule has 180 valence electrons. The first-order chi connectivity index (χ1) is 17.6. The molecule has 4 aromatic rings. The highest BCUT2D eigenvalue weighted by Crippen LogP contribution is 2.23. The van der Waals surface area contributed by atoms with Crippen LogP contribution in [0.4, 0.5) is 10.1 Å². The first kappa shape index (κ1) is 23.5. The van der Waals surface area contributed by atoms with Gasteiger partial charge in [0.2, 0.25) is 5.91 Å². The summed E-state index contributed by atoms with van der Waals surface area (Å²) in [6.45, 7) is 1.71. The zero-order valence-electron chi connectivity index (χ0n) is 19.9. The molecule has 0 radical (unpaired) electrons. The number of hydrogen-bond donors (Lipinski definition) is 0. The van der Waals surface area contributed by atoms with Crippen molar-refractivity contribution in [2.24, 2.45) is 0 Å². The van der Waals surface area contributed by atoms with Gasteiger partial charge in [-0.25, -0.2) is 4.39 Å². The van der Waals surface area contributed by atoms with E-state index in [2.05, 4.69) is 12.1 Å². The minimum Gasteiger partial charge on any atom is -0.338 e. The SMILES string of the molecule is O=C(Cc1ccc(N(Cc2ccccc2)C(=O)c2cccc(F)c2)cc1)N1CCc2ccccc2C1. The maximum absolute atomic E-state index is 13.8. The fourth-order valence-corrected chi connectivity index (χ4v) is 4.61. The number of halogens is 1. The molecule has 5 rings (SSSR count). The molecule has 0 unspecified atom stereocenters. The van der Waals surface area contributed by atoms with Gasteiger partial charge in [-0.1, -0.05) is 72.8 Å². The third-order valence-corrected chi connectivity index (χ3v) is 6.59. The molecule has 0 aromatic heterocycles. The summed E-state index contributed by atoms with van der Waals surface area (Å²) in [7, 11) is 0. The van der Waals surface area contributed by atoms with Crippen molar-refractivity contribution in [2.45, 2.75) is 25.9 Å². The number of anilines is 1. The standard InChI is InChI=1S/C31H27FN2O2/c32-28-12-6-11-26(20-28)31(36)34(21-24-7-2-1-3-8-24)29-15-13-23(14-16-29)19-30(35)33-18-17-25-9-4-5-10-27(25)22-33/h1-16,20H,17-19,21-22H2. The highest BCUT2D eigenvalue weighted by atomic mass is 19.1. The van der Waals surface area contributed by atoms with Gasteiger partial charge in [0.25, 0.3) is 5.91 Å². The van der Waals surface area contributed by atoms with Crippen LogP contribution in [0.5, 0.6) is 0 Å². The number of rotatable bonds is 6. The number of hydrogen-bond acceptors (Lipinski definition) is 2. The van der Waals surface area contributed by atoms with Gasteiger partial charge in [0.1, 0.15) is 5.82 Å². The van der Waals surface area contributed by atoms with E-state index < -0.39 is 5.82 Å². The van der Waals surface area contributed by atoms with Crippen LogP contribution in [0.15, 0.2) is 103 Å². The van der Waals surface area contributed by atoms with Crippen molar-refractivity contribution in [3.63, 3.8) is 0 Å². The van der Waals surface area contributed by atoms with Crippen molar-refractivity contribution in [2.75, 3.05) is 11.4 Å². The lowest BCUT2D eigenvalue weighted by atomic mass is 9.99. The molecule has 4 nitrogen and oxygen atoms in total. The third-order valence-electron chi connectivity index (χ3n) is 6.59. The van der Waals surface area contributed by atoms with Crippen molar-refractivity contribution in [1.82, 2.24) is 4.90 Å². The molecule has 36 heavy (non-hydrogen) atoms. The van der Waals surface area contributed by atoms with E-state index in [4.69, 9.17) is 0 Å². The molecule has 0 aliphatic carbocycles. The monoisotopic (exact) mass is 478 g/mol. The van der Waals surface area contributed by atoms with Crippen molar-refractivity contribution >= 4 is 17.5 Å². The van der Waals surface area contributed by atoms with E-state index in [0.717, 1.165) is 24.1 Å². The lowest BCUT2D eigenvalue weighted by Crippen LogP contribution is -2.36. The minimum atomic E-state index is -0.449. The van der Waals surface area contributed by atoms with Gasteiger partial charge in [0.05, 0.1) is 13.0 Å². The van der Waals surface area contributed by atoms with Crippen LogP contribution in [-0.4, -0.2) is 23.3 Å². The van der Waals surface area contributed by atoms with Crippen LogP contribution in [0.2, 0.25) is 0 Å². The Morgan fingerprint density at radius 3 is 2.25 bits per heavy atom. The molecule has 0 saturated carbocycles. The van der Waals surface area contributed by atoms with Crippen LogP contribution in [0.3, 0.4) is 0 Å². The topological polar surface area (TPSA) is 40.6 Å². The first-order valence-corrected chi connectivity index (χ1v) is 12.1. The van der Waals surface area contributed by atoms with Crippen LogP contribution in [0.1, 0.15) is 32.6 Å². The van der Waals surface area contributed by atoms with E-state index in [9.17, 15) is 14.0 Å². The molecule has 0 saturated heterocycles. The third kappa shape index (κ3) is 5.36. The fraction of sp³-hybridized carbons (Fsp3) is 0.161. The zero-order valence-corrected chi connectivity index (χ0v) is 19.9. The molecular formula is C31H27FN2O2. The van der Waals surface area contributed by atoms with E-state index in [0.29, 0.717) is 25.2 Å². The highest BCUT2D eigenvalue weighted by Gasteiger charge is 2.22. The second-order valence-corrected chi connectivity index (χ2v) is 9.06. The highest BCUT2D eigenvalue weighted by molar-refractivity contribution is 6.06. The van der Waals surface area contributed by atoms with Crippen LogP contribution >= 0.6 is 0 Å². The second-order valence-electron chi connectivity index (χ2n) is 9.06. The summed E-state index contributed by atoms with van der Waals surface area (Å²) in [4.78, 5) is 29.9. The van der Waals surface area contributed by atoms with Gasteiger partial charge in [0, 0.05) is 24.3 Å². The quantitative estimate of drug-likeness (QED) is 0.351. The van der Waals surface area contributed by atoms with Gasteiger partial charge < -0.3 is 9.80 Å². The molecule has 0 atom stereocenters. The number of carbonyl (C=O) groups is 2. The molecule has 1 aliphatic rings. The first-order valence-electron chi connectivity index (χ1n) is 12.1. The Morgan fingerprint density at radius 2 is 1.50 bits per heavy atom. The number of carbonyl (C=O) groups excluding carboxylic acids is 2. The molecule has 0 N–H and O–H groups in total. The molecular weight excluding hydrogens is 451 g/mol. The number of nitrogens with zero attached hydrogens (tertiary/aromatic N) is 2. The lowest BCUT2D eigenvalue weighted by Gasteiger charge is -2.29. The summed E-state index contributed by atoms with van der Waals surface area (Å²) in [6.07, 6.45) is 1.18. The van der Waals surface area contributed by atoms with Crippen molar-refractivity contribution in [1.29, 1.82) is 0 Å². The Labute approximate surface area is 210 Å². The summed E-state index contributed by atoms with van der Waals surface area (Å²) in [5.74, 6) is -0.641. The van der Waals surface area contributed by atoms with Gasteiger partial charge in [-0.15, -0.1) is 0 Å². The summed E-state index contributed by atoms with van der Waals surface area (Å²) in [5.41, 5.74) is 5.35. The maximum atomic E-state index is 13.8. The Morgan fingerprint density at radius 1 is 0.778 bits per heavy atom. The Balaban J connectivity index is 1.33. The smallest absolute Gasteiger partial charge is 0.258 e. The van der Waals surface area contributed by atoms with Crippen LogP contribution in [0.25, 0.3) is 0 Å². The normalized spacial score (nSPS) is 12.6. The molecule has 2 amide bonds. The molecule has 0 fully saturated rings. The van der Waals surface area contributed by atoms with Gasteiger partial charge >= 0.3 is 0 Å². The van der Waals surface area contributed by atoms with Gasteiger partial charge in [-0.3, -0.25) is 9.59 Å². The molecule has 1 heterocycles. The van der Waals surface area contributed by atoms with E-state index in [1.807, 2.05) is 71.6 Å². The summed E-state index contributed by atoms with van der Waals surface area (Å²) >= 11 is 0. The number of benzene rings is 4. The number of amides is 2. The summed E-state index contributed by atoms with van der Waals surface area (Å²) in [6, 6.07) is 31.2. The van der Waals surface area contributed by atoms with Crippen molar-refractivity contribution in [3.05, 3.63) is 137 Å². The number of fused-ring (bicyclic) bond motifs is 1.